The van der Waals surface area contributed by atoms with Crippen LogP contribution in [0.5, 0.6) is 5.75 Å². The molecule has 0 radical (unpaired) electrons. The molecular formula is C15H20FNO4. The first kappa shape index (κ1) is 15.7. The number of aliphatic hydroxyl groups excluding tert-OH is 1. The van der Waals surface area contributed by atoms with Crippen molar-refractivity contribution in [3.05, 3.63) is 29.6 Å². The minimum absolute atomic E-state index is 0.0573. The molecule has 2 N–H and O–H groups in total. The smallest absolute Gasteiger partial charge is 0.224 e. The monoisotopic (exact) mass is 297 g/mol. The largest absolute Gasteiger partial charge is 0.494 e. The third-order valence-corrected chi connectivity index (χ3v) is 3.79. The standard InChI is InChI=1S/C15H20FNO4/c1-20-12-5-3-9(7-10(12)16)8-14(18)17-11-4-6-13(21-2)15(11)19/h3,5,7,11,13,15,19H,4,6,8H2,1-2H3,(H,17,18)/t11-,13-,15-/m1/s1. The van der Waals surface area contributed by atoms with Crippen LogP contribution in [0, 0.1) is 5.82 Å². The van der Waals surface area contributed by atoms with Gasteiger partial charge in [0, 0.05) is 7.11 Å². The van der Waals surface area contributed by atoms with Gasteiger partial charge in [0.2, 0.25) is 5.91 Å². The maximum Gasteiger partial charge on any atom is 0.224 e. The lowest BCUT2D eigenvalue weighted by atomic mass is 10.1. The molecule has 1 saturated carbocycles. The maximum atomic E-state index is 13.6. The molecular weight excluding hydrogens is 277 g/mol. The van der Waals surface area contributed by atoms with Gasteiger partial charge in [-0.1, -0.05) is 6.07 Å². The zero-order valence-electron chi connectivity index (χ0n) is 12.1. The zero-order valence-corrected chi connectivity index (χ0v) is 12.1. The quantitative estimate of drug-likeness (QED) is 0.852. The van der Waals surface area contributed by atoms with E-state index in [1.807, 2.05) is 0 Å². The molecule has 6 heteroatoms. The van der Waals surface area contributed by atoms with E-state index in [2.05, 4.69) is 5.32 Å². The summed E-state index contributed by atoms with van der Waals surface area (Å²) in [5.41, 5.74) is 0.557. The summed E-state index contributed by atoms with van der Waals surface area (Å²) in [6.45, 7) is 0. The fourth-order valence-electron chi connectivity index (χ4n) is 2.62. The van der Waals surface area contributed by atoms with E-state index in [0.717, 1.165) is 0 Å². The van der Waals surface area contributed by atoms with Crippen molar-refractivity contribution < 1.29 is 23.8 Å². The van der Waals surface area contributed by atoms with E-state index in [-0.39, 0.29) is 30.2 Å². The Morgan fingerprint density at radius 2 is 2.19 bits per heavy atom. The second-order valence-electron chi connectivity index (χ2n) is 5.16. The third kappa shape index (κ3) is 3.71. The summed E-state index contributed by atoms with van der Waals surface area (Å²) in [4.78, 5) is 12.0. The molecule has 116 valence electrons. The van der Waals surface area contributed by atoms with Gasteiger partial charge in [-0.15, -0.1) is 0 Å². The molecule has 0 unspecified atom stereocenters. The zero-order chi connectivity index (χ0) is 15.4. The Kier molecular flexibility index (Phi) is 5.14. The highest BCUT2D eigenvalue weighted by Crippen LogP contribution is 2.22. The van der Waals surface area contributed by atoms with Crippen LogP contribution in [0.2, 0.25) is 0 Å². The molecule has 1 aromatic rings. The van der Waals surface area contributed by atoms with E-state index in [4.69, 9.17) is 9.47 Å². The molecule has 0 saturated heterocycles. The van der Waals surface area contributed by atoms with Crippen LogP contribution in [0.15, 0.2) is 18.2 Å². The molecule has 0 aromatic heterocycles. The number of halogens is 1. The maximum absolute atomic E-state index is 13.6. The van der Waals surface area contributed by atoms with Gasteiger partial charge in [0.15, 0.2) is 11.6 Å². The van der Waals surface area contributed by atoms with E-state index in [9.17, 15) is 14.3 Å². The Morgan fingerprint density at radius 3 is 2.76 bits per heavy atom. The normalized spacial score (nSPS) is 24.9. The number of rotatable bonds is 5. The van der Waals surface area contributed by atoms with Gasteiger partial charge in [0.1, 0.15) is 6.10 Å². The van der Waals surface area contributed by atoms with E-state index in [1.54, 1.807) is 6.07 Å². The Bertz CT molecular complexity index is 508. The number of benzene rings is 1. The molecule has 1 aromatic carbocycles. The molecule has 5 nitrogen and oxygen atoms in total. The van der Waals surface area contributed by atoms with Crippen LogP contribution in [0.3, 0.4) is 0 Å². The van der Waals surface area contributed by atoms with E-state index < -0.39 is 11.9 Å². The van der Waals surface area contributed by atoms with Gasteiger partial charge in [-0.2, -0.15) is 0 Å². The molecule has 1 amide bonds. The first-order chi connectivity index (χ1) is 10.0. The fourth-order valence-corrected chi connectivity index (χ4v) is 2.62. The van der Waals surface area contributed by atoms with Crippen LogP contribution < -0.4 is 10.1 Å². The highest BCUT2D eigenvalue weighted by Gasteiger charge is 2.35. The number of hydrogen-bond donors (Lipinski definition) is 2. The topological polar surface area (TPSA) is 67.8 Å². The second-order valence-corrected chi connectivity index (χ2v) is 5.16. The van der Waals surface area contributed by atoms with E-state index in [0.29, 0.717) is 18.4 Å². The fraction of sp³-hybridized carbons (Fsp3) is 0.533. The predicted octanol–water partition coefficient (Wildman–Crippen LogP) is 1.03. The molecule has 21 heavy (non-hydrogen) atoms. The van der Waals surface area contributed by atoms with Crippen LogP contribution in [-0.2, 0) is 16.0 Å². The summed E-state index contributed by atoms with van der Waals surface area (Å²) in [5, 5.41) is 12.7. The molecule has 3 atom stereocenters. The molecule has 0 heterocycles. The Balaban J connectivity index is 1.92. The number of methoxy groups -OCH3 is 2. The highest BCUT2D eigenvalue weighted by molar-refractivity contribution is 5.79. The minimum atomic E-state index is -0.702. The summed E-state index contributed by atoms with van der Waals surface area (Å²) in [6, 6.07) is 4.10. The SMILES string of the molecule is COc1ccc(CC(=O)N[C@@H]2CC[C@@H](OC)[C@@H]2O)cc1F. The average Bonchev–Trinajstić information content (AvgIpc) is 2.79. The van der Waals surface area contributed by atoms with Crippen molar-refractivity contribution in [2.75, 3.05) is 14.2 Å². The van der Waals surface area contributed by atoms with Gasteiger partial charge in [-0.05, 0) is 30.5 Å². The van der Waals surface area contributed by atoms with Gasteiger partial charge in [0.05, 0.1) is 25.7 Å². The lowest BCUT2D eigenvalue weighted by molar-refractivity contribution is -0.122. The van der Waals surface area contributed by atoms with E-state index in [1.165, 1.54) is 26.4 Å². The number of carbonyl (C=O) groups is 1. The van der Waals surface area contributed by atoms with Crippen molar-refractivity contribution in [1.29, 1.82) is 0 Å². The summed E-state index contributed by atoms with van der Waals surface area (Å²) in [7, 11) is 2.93. The van der Waals surface area contributed by atoms with Gasteiger partial charge < -0.3 is 19.9 Å². The lowest BCUT2D eigenvalue weighted by Gasteiger charge is -2.19. The number of aliphatic hydroxyl groups is 1. The molecule has 2 rings (SSSR count). The van der Waals surface area contributed by atoms with Crippen LogP contribution in [0.1, 0.15) is 18.4 Å². The Labute approximate surface area is 123 Å². The lowest BCUT2D eigenvalue weighted by Crippen LogP contribution is -2.43. The molecule has 0 spiro atoms. The third-order valence-electron chi connectivity index (χ3n) is 3.79. The van der Waals surface area contributed by atoms with Crippen molar-refractivity contribution in [2.24, 2.45) is 0 Å². The molecule has 0 aliphatic heterocycles. The molecule has 1 fully saturated rings. The first-order valence-corrected chi connectivity index (χ1v) is 6.87. The number of amides is 1. The van der Waals surface area contributed by atoms with Crippen LogP contribution in [-0.4, -0.2) is 43.5 Å². The van der Waals surface area contributed by atoms with Crippen LogP contribution >= 0.6 is 0 Å². The van der Waals surface area contributed by atoms with Gasteiger partial charge in [-0.3, -0.25) is 4.79 Å². The van der Waals surface area contributed by atoms with Gasteiger partial charge >= 0.3 is 0 Å². The van der Waals surface area contributed by atoms with Crippen molar-refractivity contribution in [1.82, 2.24) is 5.32 Å². The average molecular weight is 297 g/mol. The summed E-state index contributed by atoms with van der Waals surface area (Å²) in [5.74, 6) is -0.600. The molecule has 1 aliphatic carbocycles. The number of nitrogens with one attached hydrogen (secondary N) is 1. The number of hydrogen-bond acceptors (Lipinski definition) is 4. The molecule has 1 aliphatic rings. The second kappa shape index (κ2) is 6.87. The molecule has 0 bridgehead atoms. The van der Waals surface area contributed by atoms with Crippen molar-refractivity contribution in [3.8, 4) is 5.75 Å². The van der Waals surface area contributed by atoms with Crippen LogP contribution in [0.25, 0.3) is 0 Å². The van der Waals surface area contributed by atoms with Crippen LogP contribution in [0.4, 0.5) is 4.39 Å². The minimum Gasteiger partial charge on any atom is -0.494 e. The number of ether oxygens (including phenoxy) is 2. The first-order valence-electron chi connectivity index (χ1n) is 6.87. The predicted molar refractivity (Wildman–Crippen MR) is 74.6 cm³/mol. The van der Waals surface area contributed by atoms with E-state index >= 15 is 0 Å². The van der Waals surface area contributed by atoms with Gasteiger partial charge in [-0.25, -0.2) is 4.39 Å². The summed E-state index contributed by atoms with van der Waals surface area (Å²) < 4.78 is 23.5. The Morgan fingerprint density at radius 1 is 1.43 bits per heavy atom. The summed E-state index contributed by atoms with van der Waals surface area (Å²) in [6.07, 6.45) is 0.490. The van der Waals surface area contributed by atoms with Crippen molar-refractivity contribution in [2.45, 2.75) is 37.5 Å². The summed E-state index contributed by atoms with van der Waals surface area (Å²) >= 11 is 0. The van der Waals surface area contributed by atoms with Crippen molar-refractivity contribution in [3.63, 3.8) is 0 Å². The Hall–Kier alpha value is -1.66. The number of carbonyl (C=O) groups excluding carboxylic acids is 1. The highest BCUT2D eigenvalue weighted by atomic mass is 19.1. The van der Waals surface area contributed by atoms with Gasteiger partial charge in [0.25, 0.3) is 0 Å². The van der Waals surface area contributed by atoms with Crippen molar-refractivity contribution >= 4 is 5.91 Å².